The normalized spacial score (nSPS) is 13.3. The summed E-state index contributed by atoms with van der Waals surface area (Å²) >= 11 is 1.29. The Hall–Kier alpha value is -3.00. The van der Waals surface area contributed by atoms with Crippen LogP contribution in [0.2, 0.25) is 0 Å². The first-order valence-electron chi connectivity index (χ1n) is 7.90. The van der Waals surface area contributed by atoms with Gasteiger partial charge in [-0.1, -0.05) is 36.0 Å². The number of nitrogens with one attached hydrogen (secondary N) is 1. The summed E-state index contributed by atoms with van der Waals surface area (Å²) < 4.78 is 13.8. The maximum atomic E-state index is 13.8. The van der Waals surface area contributed by atoms with Crippen LogP contribution < -0.4 is 0 Å². The average molecular weight is 368 g/mol. The molecule has 0 radical (unpaired) electrons. The van der Waals surface area contributed by atoms with Gasteiger partial charge in [0.2, 0.25) is 5.16 Å². The monoisotopic (exact) mass is 368 g/mol. The number of carbonyl (C=O) groups is 2. The summed E-state index contributed by atoms with van der Waals surface area (Å²) in [6.07, 6.45) is 0. The van der Waals surface area contributed by atoms with Gasteiger partial charge in [-0.3, -0.25) is 19.6 Å². The Morgan fingerprint density at radius 2 is 1.58 bits per heavy atom. The number of hydrogen-bond acceptors (Lipinski definition) is 5. The molecule has 1 N–H and O–H groups in total. The maximum absolute atomic E-state index is 13.8. The van der Waals surface area contributed by atoms with Crippen molar-refractivity contribution in [3.05, 3.63) is 65.5 Å². The number of fused-ring (bicyclic) bond motifs is 1. The lowest BCUT2D eigenvalue weighted by Gasteiger charge is -2.12. The number of benzene rings is 2. The number of aromatic nitrogens is 3. The highest BCUT2D eigenvalue weighted by Crippen LogP contribution is 2.24. The Labute approximate surface area is 152 Å². The van der Waals surface area contributed by atoms with Gasteiger partial charge in [0.25, 0.3) is 11.8 Å². The molecule has 130 valence electrons. The van der Waals surface area contributed by atoms with Gasteiger partial charge in [-0.2, -0.15) is 0 Å². The molecule has 1 aromatic heterocycles. The van der Waals surface area contributed by atoms with Crippen molar-refractivity contribution in [2.75, 3.05) is 12.3 Å². The molecule has 0 saturated carbocycles. The summed E-state index contributed by atoms with van der Waals surface area (Å²) in [5.74, 6) is -0.168. The molecule has 0 fully saturated rings. The van der Waals surface area contributed by atoms with E-state index in [-0.39, 0.29) is 24.2 Å². The van der Waals surface area contributed by atoms with Crippen LogP contribution in [0.4, 0.5) is 4.39 Å². The number of rotatable bonds is 5. The summed E-state index contributed by atoms with van der Waals surface area (Å²) in [5.41, 5.74) is 1.21. The topological polar surface area (TPSA) is 79.0 Å². The van der Waals surface area contributed by atoms with Crippen molar-refractivity contribution in [1.82, 2.24) is 20.1 Å². The average Bonchev–Trinajstić information content (AvgIpc) is 3.21. The number of carbonyl (C=O) groups excluding carboxylic acids is 2. The molecule has 2 amide bonds. The molecule has 0 atom stereocenters. The summed E-state index contributed by atoms with van der Waals surface area (Å²) in [5, 5.41) is 7.18. The number of thioether (sulfide) groups is 1. The zero-order valence-corrected chi connectivity index (χ0v) is 14.3. The molecule has 0 spiro atoms. The Bertz CT molecular complexity index is 969. The van der Waals surface area contributed by atoms with E-state index >= 15 is 0 Å². The molecule has 8 heteroatoms. The minimum absolute atomic E-state index is 0.251. The van der Waals surface area contributed by atoms with E-state index in [1.54, 1.807) is 42.5 Å². The third-order valence-electron chi connectivity index (χ3n) is 4.02. The van der Waals surface area contributed by atoms with Crippen LogP contribution in [0.1, 0.15) is 20.7 Å². The number of aromatic amines is 1. The van der Waals surface area contributed by atoms with Crippen LogP contribution in [0, 0.1) is 5.82 Å². The number of nitrogens with zero attached hydrogens (tertiary/aromatic N) is 3. The lowest BCUT2D eigenvalue weighted by Crippen LogP contribution is -2.31. The zero-order valence-electron chi connectivity index (χ0n) is 13.5. The molecular formula is C18H13FN4O2S. The van der Waals surface area contributed by atoms with Gasteiger partial charge in [-0.15, -0.1) is 5.10 Å². The highest BCUT2D eigenvalue weighted by molar-refractivity contribution is 7.99. The fraction of sp³-hybridized carbons (Fsp3) is 0.111. The molecule has 4 rings (SSSR count). The van der Waals surface area contributed by atoms with Crippen LogP contribution in [0.25, 0.3) is 11.4 Å². The van der Waals surface area contributed by atoms with Crippen LogP contribution in [-0.4, -0.2) is 44.2 Å². The fourth-order valence-corrected chi connectivity index (χ4v) is 3.48. The molecule has 1 aliphatic heterocycles. The lowest BCUT2D eigenvalue weighted by atomic mass is 10.1. The fourth-order valence-electron chi connectivity index (χ4n) is 2.76. The number of halogens is 1. The summed E-state index contributed by atoms with van der Waals surface area (Å²) in [7, 11) is 0. The Balaban J connectivity index is 1.40. The van der Waals surface area contributed by atoms with Crippen LogP contribution in [0.3, 0.4) is 0 Å². The summed E-state index contributed by atoms with van der Waals surface area (Å²) in [6, 6.07) is 13.1. The lowest BCUT2D eigenvalue weighted by molar-refractivity contribution is 0.0664. The molecule has 26 heavy (non-hydrogen) atoms. The smallest absolute Gasteiger partial charge is 0.261 e. The second-order valence-electron chi connectivity index (χ2n) is 5.60. The van der Waals surface area contributed by atoms with Crippen molar-refractivity contribution in [3.63, 3.8) is 0 Å². The van der Waals surface area contributed by atoms with Gasteiger partial charge in [0, 0.05) is 12.3 Å². The van der Waals surface area contributed by atoms with Crippen molar-refractivity contribution in [2.24, 2.45) is 0 Å². The van der Waals surface area contributed by atoms with E-state index in [2.05, 4.69) is 15.2 Å². The highest BCUT2D eigenvalue weighted by Gasteiger charge is 2.34. The van der Waals surface area contributed by atoms with E-state index in [1.807, 2.05) is 0 Å². The molecule has 3 aromatic rings. The summed E-state index contributed by atoms with van der Waals surface area (Å²) in [4.78, 5) is 30.1. The van der Waals surface area contributed by atoms with Crippen molar-refractivity contribution in [3.8, 4) is 11.4 Å². The van der Waals surface area contributed by atoms with Gasteiger partial charge in [-0.25, -0.2) is 9.37 Å². The number of imide groups is 1. The van der Waals surface area contributed by atoms with E-state index in [1.165, 1.54) is 22.7 Å². The third kappa shape index (κ3) is 2.88. The minimum Gasteiger partial charge on any atom is -0.273 e. The third-order valence-corrected chi connectivity index (χ3v) is 4.85. The molecule has 2 heterocycles. The number of hydrogen-bond donors (Lipinski definition) is 1. The van der Waals surface area contributed by atoms with E-state index in [4.69, 9.17) is 0 Å². The van der Waals surface area contributed by atoms with Crippen LogP contribution in [0.5, 0.6) is 0 Å². The molecule has 0 aliphatic carbocycles. The predicted molar refractivity (Wildman–Crippen MR) is 94.3 cm³/mol. The second-order valence-corrected chi connectivity index (χ2v) is 6.66. The first kappa shape index (κ1) is 16.5. The number of H-pyrrole nitrogens is 1. The largest absolute Gasteiger partial charge is 0.273 e. The van der Waals surface area contributed by atoms with Gasteiger partial charge in [-0.05, 0) is 24.3 Å². The quantitative estimate of drug-likeness (QED) is 0.553. The zero-order chi connectivity index (χ0) is 18.1. The van der Waals surface area contributed by atoms with Gasteiger partial charge in [0.1, 0.15) is 5.82 Å². The molecule has 0 bridgehead atoms. The van der Waals surface area contributed by atoms with E-state index in [9.17, 15) is 14.0 Å². The maximum Gasteiger partial charge on any atom is 0.261 e. The molecule has 1 aliphatic rings. The highest BCUT2D eigenvalue weighted by atomic mass is 32.2. The summed E-state index contributed by atoms with van der Waals surface area (Å²) in [6.45, 7) is 0.251. The van der Waals surface area contributed by atoms with Crippen LogP contribution in [0.15, 0.2) is 53.7 Å². The SMILES string of the molecule is O=C1c2ccccc2C(=O)N1CCSc1n[nH]c(-c2ccccc2F)n1. The molecule has 0 saturated heterocycles. The minimum atomic E-state index is -0.383. The van der Waals surface area contributed by atoms with Crippen LogP contribution >= 0.6 is 11.8 Å². The van der Waals surface area contributed by atoms with E-state index in [0.717, 1.165) is 0 Å². The second kappa shape index (κ2) is 6.72. The predicted octanol–water partition coefficient (Wildman–Crippen LogP) is 3.00. The van der Waals surface area contributed by atoms with Crippen molar-refractivity contribution in [2.45, 2.75) is 5.16 Å². The Morgan fingerprint density at radius 1 is 0.962 bits per heavy atom. The van der Waals surface area contributed by atoms with Crippen molar-refractivity contribution < 1.29 is 14.0 Å². The molecule has 0 unspecified atom stereocenters. The van der Waals surface area contributed by atoms with E-state index in [0.29, 0.717) is 33.4 Å². The first-order valence-corrected chi connectivity index (χ1v) is 8.89. The van der Waals surface area contributed by atoms with Gasteiger partial charge in [0.15, 0.2) is 5.82 Å². The first-order chi connectivity index (χ1) is 12.6. The number of amides is 2. The van der Waals surface area contributed by atoms with Gasteiger partial charge in [0.05, 0.1) is 16.7 Å². The van der Waals surface area contributed by atoms with E-state index < -0.39 is 0 Å². The molecule has 2 aromatic carbocycles. The Kier molecular flexibility index (Phi) is 4.26. The molecule has 6 nitrogen and oxygen atoms in total. The standard InChI is InChI=1S/C18H13FN4O2S/c19-14-8-4-3-7-13(14)15-20-18(22-21-15)26-10-9-23-16(24)11-5-1-2-6-12(11)17(23)25/h1-8H,9-10H2,(H,20,21,22). The van der Waals surface area contributed by atoms with Crippen molar-refractivity contribution >= 4 is 23.6 Å². The van der Waals surface area contributed by atoms with Gasteiger partial charge < -0.3 is 0 Å². The van der Waals surface area contributed by atoms with Crippen molar-refractivity contribution in [1.29, 1.82) is 0 Å². The van der Waals surface area contributed by atoms with Gasteiger partial charge >= 0.3 is 0 Å². The Morgan fingerprint density at radius 3 is 2.23 bits per heavy atom. The van der Waals surface area contributed by atoms with Crippen LogP contribution in [-0.2, 0) is 0 Å². The molecular weight excluding hydrogens is 355 g/mol.